The van der Waals surface area contributed by atoms with Crippen molar-refractivity contribution in [2.45, 2.75) is 13.8 Å². The van der Waals surface area contributed by atoms with Gasteiger partial charge in [0.15, 0.2) is 0 Å². The molecule has 0 bridgehead atoms. The minimum absolute atomic E-state index is 0.00361. The lowest BCUT2D eigenvalue weighted by Gasteiger charge is -2.28. The zero-order valence-electron chi connectivity index (χ0n) is 10.4. The van der Waals surface area contributed by atoms with E-state index in [0.29, 0.717) is 0 Å². The molecule has 17 heavy (non-hydrogen) atoms. The standard InChI is InChI=1S/C13H19N3O/c1-10-4-3-5-11(2)12(10)15-13(17)16-8-6-14-7-9-16/h3-5,14H,6-9H2,1-2H3,(H,15,17). The highest BCUT2D eigenvalue weighted by Gasteiger charge is 2.17. The quantitative estimate of drug-likeness (QED) is 0.776. The van der Waals surface area contributed by atoms with Crippen molar-refractivity contribution in [3.8, 4) is 0 Å². The third-order valence-electron chi connectivity index (χ3n) is 3.12. The molecule has 2 N–H and O–H groups in total. The number of nitrogens with one attached hydrogen (secondary N) is 2. The molecule has 1 aliphatic heterocycles. The molecule has 1 saturated heterocycles. The van der Waals surface area contributed by atoms with Gasteiger partial charge in [-0.2, -0.15) is 0 Å². The fraction of sp³-hybridized carbons (Fsp3) is 0.462. The molecule has 0 saturated carbocycles. The largest absolute Gasteiger partial charge is 0.322 e. The summed E-state index contributed by atoms with van der Waals surface area (Å²) in [6.07, 6.45) is 0. The Morgan fingerprint density at radius 2 is 1.82 bits per heavy atom. The van der Waals surface area contributed by atoms with Crippen molar-refractivity contribution in [2.24, 2.45) is 0 Å². The van der Waals surface area contributed by atoms with Crippen LogP contribution in [0.25, 0.3) is 0 Å². The van der Waals surface area contributed by atoms with Crippen LogP contribution in [0.5, 0.6) is 0 Å². The summed E-state index contributed by atoms with van der Waals surface area (Å²) in [7, 11) is 0. The van der Waals surface area contributed by atoms with Crippen LogP contribution in [0, 0.1) is 13.8 Å². The number of aryl methyl sites for hydroxylation is 2. The van der Waals surface area contributed by atoms with Crippen molar-refractivity contribution in [1.29, 1.82) is 0 Å². The zero-order chi connectivity index (χ0) is 12.3. The molecule has 0 radical (unpaired) electrons. The molecule has 0 unspecified atom stereocenters. The molecule has 1 fully saturated rings. The molecule has 1 heterocycles. The molecule has 2 rings (SSSR count). The van der Waals surface area contributed by atoms with Gasteiger partial charge in [0.2, 0.25) is 0 Å². The number of carbonyl (C=O) groups excluding carboxylic acids is 1. The Balaban J connectivity index is 2.07. The Labute approximate surface area is 102 Å². The molecule has 0 aliphatic carbocycles. The van der Waals surface area contributed by atoms with E-state index in [0.717, 1.165) is 43.0 Å². The highest BCUT2D eigenvalue weighted by molar-refractivity contribution is 5.91. The van der Waals surface area contributed by atoms with E-state index in [1.54, 1.807) is 0 Å². The van der Waals surface area contributed by atoms with E-state index in [1.165, 1.54) is 0 Å². The van der Waals surface area contributed by atoms with Gasteiger partial charge in [-0.1, -0.05) is 18.2 Å². The van der Waals surface area contributed by atoms with Crippen molar-refractivity contribution in [1.82, 2.24) is 10.2 Å². The topological polar surface area (TPSA) is 44.4 Å². The average Bonchev–Trinajstić information content (AvgIpc) is 2.35. The van der Waals surface area contributed by atoms with E-state index in [2.05, 4.69) is 10.6 Å². The maximum Gasteiger partial charge on any atom is 0.321 e. The van der Waals surface area contributed by atoms with Gasteiger partial charge in [-0.25, -0.2) is 4.79 Å². The lowest BCUT2D eigenvalue weighted by molar-refractivity contribution is 0.204. The molecular weight excluding hydrogens is 214 g/mol. The van der Waals surface area contributed by atoms with Crippen LogP contribution in [0.1, 0.15) is 11.1 Å². The highest BCUT2D eigenvalue weighted by Crippen LogP contribution is 2.19. The number of anilines is 1. The Kier molecular flexibility index (Phi) is 3.64. The Morgan fingerprint density at radius 3 is 2.41 bits per heavy atom. The van der Waals surface area contributed by atoms with Gasteiger partial charge < -0.3 is 15.5 Å². The summed E-state index contributed by atoms with van der Waals surface area (Å²) in [6, 6.07) is 6.04. The number of urea groups is 1. The number of para-hydroxylation sites is 1. The number of rotatable bonds is 1. The van der Waals surface area contributed by atoms with Gasteiger partial charge in [0.05, 0.1) is 0 Å². The minimum atomic E-state index is 0.00361. The number of benzene rings is 1. The van der Waals surface area contributed by atoms with Gasteiger partial charge >= 0.3 is 6.03 Å². The van der Waals surface area contributed by atoms with E-state index in [4.69, 9.17) is 0 Å². The van der Waals surface area contributed by atoms with E-state index in [9.17, 15) is 4.79 Å². The van der Waals surface area contributed by atoms with Crippen molar-refractivity contribution < 1.29 is 4.79 Å². The molecule has 2 amide bonds. The van der Waals surface area contributed by atoms with Crippen molar-refractivity contribution in [3.05, 3.63) is 29.3 Å². The van der Waals surface area contributed by atoms with Crippen LogP contribution in [-0.4, -0.2) is 37.1 Å². The van der Waals surface area contributed by atoms with Gasteiger partial charge in [-0.15, -0.1) is 0 Å². The second kappa shape index (κ2) is 5.19. The lowest BCUT2D eigenvalue weighted by atomic mass is 10.1. The molecule has 1 aromatic rings. The van der Waals surface area contributed by atoms with E-state index >= 15 is 0 Å². The number of hydrogen-bond donors (Lipinski definition) is 2. The van der Waals surface area contributed by atoms with Crippen molar-refractivity contribution in [2.75, 3.05) is 31.5 Å². The van der Waals surface area contributed by atoms with Crippen LogP contribution in [0.15, 0.2) is 18.2 Å². The van der Waals surface area contributed by atoms with Crippen LogP contribution in [-0.2, 0) is 0 Å². The molecule has 0 atom stereocenters. The van der Waals surface area contributed by atoms with E-state index in [1.807, 2.05) is 36.9 Å². The summed E-state index contributed by atoms with van der Waals surface area (Å²) < 4.78 is 0. The molecule has 4 nitrogen and oxygen atoms in total. The summed E-state index contributed by atoms with van der Waals surface area (Å²) in [5.74, 6) is 0. The third-order valence-corrected chi connectivity index (χ3v) is 3.12. The highest BCUT2D eigenvalue weighted by atomic mass is 16.2. The average molecular weight is 233 g/mol. The number of hydrogen-bond acceptors (Lipinski definition) is 2. The maximum atomic E-state index is 12.1. The summed E-state index contributed by atoms with van der Waals surface area (Å²) in [5.41, 5.74) is 3.15. The summed E-state index contributed by atoms with van der Waals surface area (Å²) in [6.45, 7) is 7.33. The Bertz CT molecular complexity index is 391. The van der Waals surface area contributed by atoms with E-state index < -0.39 is 0 Å². The first-order valence-electron chi connectivity index (χ1n) is 6.01. The second-order valence-corrected chi connectivity index (χ2v) is 4.43. The molecule has 92 valence electrons. The smallest absolute Gasteiger partial charge is 0.321 e. The van der Waals surface area contributed by atoms with Crippen LogP contribution in [0.4, 0.5) is 10.5 Å². The predicted molar refractivity (Wildman–Crippen MR) is 69.4 cm³/mol. The monoisotopic (exact) mass is 233 g/mol. The Hall–Kier alpha value is -1.55. The van der Waals surface area contributed by atoms with Gasteiger partial charge in [-0.05, 0) is 25.0 Å². The normalized spacial score (nSPS) is 15.8. The molecular formula is C13H19N3O. The third kappa shape index (κ3) is 2.77. The van der Waals surface area contributed by atoms with Gasteiger partial charge in [0, 0.05) is 31.9 Å². The fourth-order valence-corrected chi connectivity index (χ4v) is 2.07. The second-order valence-electron chi connectivity index (χ2n) is 4.43. The van der Waals surface area contributed by atoms with Crippen LogP contribution in [0.2, 0.25) is 0 Å². The SMILES string of the molecule is Cc1cccc(C)c1NC(=O)N1CCNCC1. The minimum Gasteiger partial charge on any atom is -0.322 e. The number of piperazine rings is 1. The van der Waals surface area contributed by atoms with Crippen LogP contribution >= 0.6 is 0 Å². The molecule has 1 aromatic carbocycles. The first kappa shape index (κ1) is 11.9. The van der Waals surface area contributed by atoms with Crippen molar-refractivity contribution >= 4 is 11.7 Å². The zero-order valence-corrected chi connectivity index (χ0v) is 10.4. The van der Waals surface area contributed by atoms with Crippen LogP contribution in [0.3, 0.4) is 0 Å². The fourth-order valence-electron chi connectivity index (χ4n) is 2.07. The molecule has 0 aromatic heterocycles. The van der Waals surface area contributed by atoms with Gasteiger partial charge in [0.25, 0.3) is 0 Å². The van der Waals surface area contributed by atoms with Crippen LogP contribution < -0.4 is 10.6 Å². The molecule has 4 heteroatoms. The number of nitrogens with zero attached hydrogens (tertiary/aromatic N) is 1. The summed E-state index contributed by atoms with van der Waals surface area (Å²) >= 11 is 0. The number of amides is 2. The van der Waals surface area contributed by atoms with Crippen molar-refractivity contribution in [3.63, 3.8) is 0 Å². The molecule has 1 aliphatic rings. The lowest BCUT2D eigenvalue weighted by Crippen LogP contribution is -2.48. The number of carbonyl (C=O) groups is 1. The maximum absolute atomic E-state index is 12.1. The first-order valence-corrected chi connectivity index (χ1v) is 6.01. The Morgan fingerprint density at radius 1 is 1.24 bits per heavy atom. The van der Waals surface area contributed by atoms with Gasteiger partial charge in [0.1, 0.15) is 0 Å². The first-order chi connectivity index (χ1) is 8.18. The molecule has 0 spiro atoms. The predicted octanol–water partition coefficient (Wildman–Crippen LogP) is 1.74. The summed E-state index contributed by atoms with van der Waals surface area (Å²) in [5, 5.41) is 6.24. The van der Waals surface area contributed by atoms with E-state index in [-0.39, 0.29) is 6.03 Å². The summed E-state index contributed by atoms with van der Waals surface area (Å²) in [4.78, 5) is 13.9. The van der Waals surface area contributed by atoms with Gasteiger partial charge in [-0.3, -0.25) is 0 Å².